The molecule has 0 unspecified atom stereocenters. The van der Waals surface area contributed by atoms with E-state index in [1.807, 2.05) is 44.2 Å². The van der Waals surface area contributed by atoms with Crippen molar-refractivity contribution in [3.8, 4) is 5.75 Å². The van der Waals surface area contributed by atoms with Gasteiger partial charge in [-0.05, 0) is 18.2 Å². The van der Waals surface area contributed by atoms with Gasteiger partial charge >= 0.3 is 0 Å². The van der Waals surface area contributed by atoms with Gasteiger partial charge in [-0.15, -0.1) is 0 Å². The number of hydrogen-bond donors (Lipinski definition) is 2. The van der Waals surface area contributed by atoms with Crippen molar-refractivity contribution >= 4 is 17.3 Å². The third-order valence-corrected chi connectivity index (χ3v) is 2.81. The molecule has 1 amide bonds. The van der Waals surface area contributed by atoms with E-state index >= 15 is 0 Å². The molecule has 0 fully saturated rings. The lowest BCUT2D eigenvalue weighted by atomic mass is 10.1. The maximum absolute atomic E-state index is 11.9. The van der Waals surface area contributed by atoms with Crippen molar-refractivity contribution in [1.29, 1.82) is 0 Å². The number of anilines is 1. The van der Waals surface area contributed by atoms with Crippen LogP contribution in [0.1, 0.15) is 24.2 Å². The van der Waals surface area contributed by atoms with E-state index < -0.39 is 10.8 Å². The normalized spacial score (nSPS) is 9.42. The third-order valence-electron chi connectivity index (χ3n) is 2.81. The highest BCUT2D eigenvalue weighted by Gasteiger charge is 2.13. The number of carbonyl (C=O) groups excluding carboxylic acids is 1. The average molecular weight is 331 g/mol. The molecule has 2 aromatic rings. The molecule has 0 aliphatic heterocycles. The van der Waals surface area contributed by atoms with Crippen molar-refractivity contribution < 1.29 is 14.5 Å². The van der Waals surface area contributed by atoms with Crippen LogP contribution in [0.2, 0.25) is 0 Å². The Kier molecular flexibility index (Phi) is 7.77. The van der Waals surface area contributed by atoms with Crippen molar-refractivity contribution in [2.45, 2.75) is 13.8 Å². The van der Waals surface area contributed by atoms with E-state index in [0.29, 0.717) is 12.4 Å². The first kappa shape index (κ1) is 19.0. The van der Waals surface area contributed by atoms with Crippen molar-refractivity contribution in [3.63, 3.8) is 0 Å². The number of benzene rings is 2. The molecule has 0 bridgehead atoms. The van der Waals surface area contributed by atoms with Crippen LogP contribution in [0.5, 0.6) is 5.75 Å². The maximum Gasteiger partial charge on any atom is 0.272 e. The number of amides is 1. The van der Waals surface area contributed by atoms with Crippen LogP contribution in [0.15, 0.2) is 48.5 Å². The number of nitrogens with two attached hydrogens (primary N) is 1. The number of hydrogen-bond acceptors (Lipinski definition) is 5. The largest absolute Gasteiger partial charge is 0.492 e. The van der Waals surface area contributed by atoms with Crippen LogP contribution in [0.4, 0.5) is 11.4 Å². The van der Waals surface area contributed by atoms with Gasteiger partial charge in [-0.3, -0.25) is 14.9 Å². The molecule has 2 rings (SSSR count). The zero-order valence-corrected chi connectivity index (χ0v) is 13.7. The number of nitrogens with zero attached hydrogens (tertiary/aromatic N) is 1. The fraction of sp³-hybridized carbons (Fsp3) is 0.235. The van der Waals surface area contributed by atoms with E-state index in [1.54, 1.807) is 0 Å². The van der Waals surface area contributed by atoms with Crippen LogP contribution in [-0.4, -0.2) is 24.0 Å². The monoisotopic (exact) mass is 331 g/mol. The molecule has 24 heavy (non-hydrogen) atoms. The number of nitrogen functional groups attached to an aromatic ring is 1. The number of nitro benzene ring substituents is 1. The fourth-order valence-electron chi connectivity index (χ4n) is 1.82. The Morgan fingerprint density at radius 3 is 2.50 bits per heavy atom. The van der Waals surface area contributed by atoms with Crippen molar-refractivity contribution in [1.82, 2.24) is 5.32 Å². The zero-order chi connectivity index (χ0) is 17.9. The minimum absolute atomic E-state index is 0.145. The summed E-state index contributed by atoms with van der Waals surface area (Å²) in [6.07, 6.45) is 0. The van der Waals surface area contributed by atoms with Crippen LogP contribution in [0.25, 0.3) is 0 Å². The molecule has 0 saturated carbocycles. The molecule has 0 saturated heterocycles. The Hall–Kier alpha value is -3.09. The van der Waals surface area contributed by atoms with Crippen molar-refractivity contribution in [3.05, 3.63) is 64.2 Å². The highest BCUT2D eigenvalue weighted by atomic mass is 16.6. The molecule has 3 N–H and O–H groups in total. The smallest absolute Gasteiger partial charge is 0.272 e. The van der Waals surface area contributed by atoms with Gasteiger partial charge in [0.15, 0.2) is 0 Å². The topological polar surface area (TPSA) is 107 Å². The Bertz CT molecular complexity index is 675. The fourth-order valence-corrected chi connectivity index (χ4v) is 1.82. The second-order valence-corrected chi connectivity index (χ2v) is 4.49. The second kappa shape index (κ2) is 9.83. The molecule has 0 heterocycles. The van der Waals surface area contributed by atoms with E-state index in [-0.39, 0.29) is 23.5 Å². The van der Waals surface area contributed by atoms with Gasteiger partial charge in [0.2, 0.25) is 0 Å². The first-order chi connectivity index (χ1) is 11.6. The standard InChI is InChI=1S/C15H15N3O4.C2H6/c16-12-8-11(9-13(10-12)18(20)21)15(19)17-6-7-22-14-4-2-1-3-5-14;1-2/h1-5,8-10H,6-7,16H2,(H,17,19);1-2H3. The van der Waals surface area contributed by atoms with Crippen LogP contribution < -0.4 is 15.8 Å². The number of nitrogens with one attached hydrogen (secondary N) is 1. The first-order valence-corrected chi connectivity index (χ1v) is 7.57. The van der Waals surface area contributed by atoms with Gasteiger partial charge in [-0.25, -0.2) is 0 Å². The Morgan fingerprint density at radius 2 is 1.88 bits per heavy atom. The summed E-state index contributed by atoms with van der Waals surface area (Å²) in [5.74, 6) is 0.267. The van der Waals surface area contributed by atoms with E-state index in [9.17, 15) is 14.9 Å². The lowest BCUT2D eigenvalue weighted by Gasteiger charge is -2.08. The molecule has 7 nitrogen and oxygen atoms in total. The van der Waals surface area contributed by atoms with E-state index in [1.165, 1.54) is 18.2 Å². The zero-order valence-electron chi connectivity index (χ0n) is 13.7. The van der Waals surface area contributed by atoms with Crippen molar-refractivity contribution in [2.24, 2.45) is 0 Å². The molecular formula is C17H21N3O4. The summed E-state index contributed by atoms with van der Waals surface area (Å²) in [5.41, 5.74) is 5.65. The SMILES string of the molecule is CC.Nc1cc(C(=O)NCCOc2ccccc2)cc([N+](=O)[O-])c1. The molecule has 2 aromatic carbocycles. The summed E-state index contributed by atoms with van der Waals surface area (Å²) < 4.78 is 5.43. The summed E-state index contributed by atoms with van der Waals surface area (Å²) in [7, 11) is 0. The Morgan fingerprint density at radius 1 is 1.21 bits per heavy atom. The first-order valence-electron chi connectivity index (χ1n) is 7.57. The minimum atomic E-state index is -0.592. The number of non-ortho nitro benzene ring substituents is 1. The van der Waals surface area contributed by atoms with E-state index in [4.69, 9.17) is 10.5 Å². The Labute approximate surface area is 140 Å². The lowest BCUT2D eigenvalue weighted by Crippen LogP contribution is -2.28. The number of carbonyl (C=O) groups is 1. The molecular weight excluding hydrogens is 310 g/mol. The number of nitro groups is 1. The third kappa shape index (κ3) is 5.96. The predicted molar refractivity (Wildman–Crippen MR) is 93.1 cm³/mol. The summed E-state index contributed by atoms with van der Waals surface area (Å²) >= 11 is 0. The highest BCUT2D eigenvalue weighted by molar-refractivity contribution is 5.95. The quantitative estimate of drug-likeness (QED) is 0.366. The lowest BCUT2D eigenvalue weighted by molar-refractivity contribution is -0.384. The summed E-state index contributed by atoms with van der Waals surface area (Å²) in [4.78, 5) is 22.1. The van der Waals surface area contributed by atoms with Gasteiger partial charge < -0.3 is 15.8 Å². The van der Waals surface area contributed by atoms with E-state index in [0.717, 1.165) is 0 Å². The van der Waals surface area contributed by atoms with Crippen LogP contribution in [-0.2, 0) is 0 Å². The van der Waals surface area contributed by atoms with E-state index in [2.05, 4.69) is 5.32 Å². The molecule has 0 atom stereocenters. The molecule has 0 radical (unpaired) electrons. The van der Waals surface area contributed by atoms with Crippen LogP contribution in [0, 0.1) is 10.1 Å². The number of rotatable bonds is 6. The van der Waals surface area contributed by atoms with Crippen molar-refractivity contribution in [2.75, 3.05) is 18.9 Å². The predicted octanol–water partition coefficient (Wildman–Crippen LogP) is 3.01. The van der Waals surface area contributed by atoms with Crippen LogP contribution in [0.3, 0.4) is 0 Å². The van der Waals surface area contributed by atoms with Gasteiger partial charge in [-0.2, -0.15) is 0 Å². The summed E-state index contributed by atoms with van der Waals surface area (Å²) in [6, 6.07) is 13.0. The molecule has 0 aliphatic carbocycles. The van der Waals surface area contributed by atoms with Gasteiger partial charge in [-0.1, -0.05) is 32.0 Å². The number of para-hydroxylation sites is 1. The minimum Gasteiger partial charge on any atom is -0.492 e. The molecule has 128 valence electrons. The maximum atomic E-state index is 11.9. The average Bonchev–Trinajstić information content (AvgIpc) is 2.60. The van der Waals surface area contributed by atoms with Gasteiger partial charge in [0, 0.05) is 23.4 Å². The van der Waals surface area contributed by atoms with Gasteiger partial charge in [0.25, 0.3) is 11.6 Å². The molecule has 0 aliphatic rings. The molecule has 0 spiro atoms. The summed E-state index contributed by atoms with van der Waals surface area (Å²) in [5, 5.41) is 13.4. The number of ether oxygens (including phenoxy) is 1. The van der Waals surface area contributed by atoms with Crippen LogP contribution >= 0.6 is 0 Å². The Balaban J connectivity index is 0.00000139. The second-order valence-electron chi connectivity index (χ2n) is 4.49. The molecule has 7 heteroatoms. The highest BCUT2D eigenvalue weighted by Crippen LogP contribution is 2.18. The summed E-state index contributed by atoms with van der Waals surface area (Å²) in [6.45, 7) is 4.57. The van der Waals surface area contributed by atoms with Gasteiger partial charge in [0.1, 0.15) is 12.4 Å². The molecule has 0 aromatic heterocycles. The van der Waals surface area contributed by atoms with Gasteiger partial charge in [0.05, 0.1) is 11.5 Å².